The van der Waals surface area contributed by atoms with Gasteiger partial charge in [0, 0.05) is 11.6 Å². The Morgan fingerprint density at radius 2 is 2.38 bits per heavy atom. The Morgan fingerprint density at radius 1 is 1.50 bits per heavy atom. The van der Waals surface area contributed by atoms with Gasteiger partial charge in [-0.2, -0.15) is 11.3 Å². The molecule has 2 aromatic rings. The third-order valence-corrected chi connectivity index (χ3v) is 3.53. The lowest BCUT2D eigenvalue weighted by Crippen LogP contribution is -2.22. The Bertz CT molecular complexity index is 424. The van der Waals surface area contributed by atoms with Gasteiger partial charge < -0.3 is 9.73 Å². The molecule has 0 saturated carbocycles. The van der Waals surface area contributed by atoms with E-state index >= 15 is 0 Å². The van der Waals surface area contributed by atoms with Crippen LogP contribution in [0.5, 0.6) is 0 Å². The Labute approximate surface area is 104 Å². The van der Waals surface area contributed by atoms with Gasteiger partial charge in [-0.25, -0.2) is 0 Å². The van der Waals surface area contributed by atoms with Gasteiger partial charge in [0.05, 0.1) is 6.26 Å². The number of rotatable bonds is 5. The monoisotopic (exact) mass is 255 g/mol. The smallest absolute Gasteiger partial charge is 0.197 e. The lowest BCUT2D eigenvalue weighted by atomic mass is 10.0. The van der Waals surface area contributed by atoms with Crippen LogP contribution >= 0.6 is 22.9 Å². The van der Waals surface area contributed by atoms with Crippen molar-refractivity contribution in [1.29, 1.82) is 0 Å². The van der Waals surface area contributed by atoms with E-state index < -0.39 is 0 Å². The van der Waals surface area contributed by atoms with Crippen LogP contribution in [0.2, 0.25) is 5.22 Å². The molecule has 2 heterocycles. The van der Waals surface area contributed by atoms with Crippen molar-refractivity contribution in [3.63, 3.8) is 0 Å². The maximum absolute atomic E-state index is 6.01. The van der Waals surface area contributed by atoms with E-state index in [1.54, 1.807) is 17.6 Å². The molecule has 0 fully saturated rings. The Hall–Kier alpha value is -0.770. The van der Waals surface area contributed by atoms with Gasteiger partial charge in [0.15, 0.2) is 5.22 Å². The zero-order valence-electron chi connectivity index (χ0n) is 9.07. The minimum Gasteiger partial charge on any atom is -0.453 e. The van der Waals surface area contributed by atoms with E-state index in [0.29, 0.717) is 5.22 Å². The van der Waals surface area contributed by atoms with Crippen molar-refractivity contribution in [2.75, 3.05) is 6.54 Å². The van der Waals surface area contributed by atoms with E-state index in [2.05, 4.69) is 29.1 Å². The van der Waals surface area contributed by atoms with Gasteiger partial charge in [-0.05, 0) is 53.0 Å². The van der Waals surface area contributed by atoms with Crippen LogP contribution in [0.1, 0.15) is 24.1 Å². The van der Waals surface area contributed by atoms with E-state index in [-0.39, 0.29) is 6.04 Å². The molecule has 0 amide bonds. The first-order chi connectivity index (χ1) is 7.81. The fourth-order valence-electron chi connectivity index (χ4n) is 1.74. The molecule has 2 aromatic heterocycles. The minimum atomic E-state index is 0.228. The van der Waals surface area contributed by atoms with Crippen molar-refractivity contribution in [2.45, 2.75) is 19.4 Å². The third kappa shape index (κ3) is 2.67. The molecule has 0 aliphatic rings. The topological polar surface area (TPSA) is 25.2 Å². The molecular formula is C12H14ClNOS. The molecule has 0 aliphatic carbocycles. The molecule has 1 atom stereocenters. The first kappa shape index (κ1) is 11.7. The summed E-state index contributed by atoms with van der Waals surface area (Å²) in [6.07, 6.45) is 2.58. The third-order valence-electron chi connectivity index (χ3n) is 2.49. The largest absolute Gasteiger partial charge is 0.453 e. The van der Waals surface area contributed by atoms with Gasteiger partial charge in [0.25, 0.3) is 0 Å². The number of likely N-dealkylation sites (N-methyl/N-ethyl adjacent to an activating group) is 1. The molecule has 0 bridgehead atoms. The van der Waals surface area contributed by atoms with Gasteiger partial charge in [-0.3, -0.25) is 0 Å². The highest BCUT2D eigenvalue weighted by molar-refractivity contribution is 7.07. The first-order valence-electron chi connectivity index (χ1n) is 5.28. The SMILES string of the molecule is CCNC(Cc1ccsc1)c1ccoc1Cl. The number of hydrogen-bond acceptors (Lipinski definition) is 3. The average molecular weight is 256 g/mol. The highest BCUT2D eigenvalue weighted by atomic mass is 35.5. The maximum atomic E-state index is 6.01. The van der Waals surface area contributed by atoms with Gasteiger partial charge >= 0.3 is 0 Å². The molecule has 0 radical (unpaired) electrons. The van der Waals surface area contributed by atoms with Crippen LogP contribution in [0, 0.1) is 0 Å². The summed E-state index contributed by atoms with van der Waals surface area (Å²) in [5.41, 5.74) is 2.36. The second-order valence-corrected chi connectivity index (χ2v) is 4.72. The quantitative estimate of drug-likeness (QED) is 0.877. The number of halogens is 1. The molecule has 0 saturated heterocycles. The molecule has 2 nitrogen and oxygen atoms in total. The van der Waals surface area contributed by atoms with Crippen molar-refractivity contribution in [1.82, 2.24) is 5.32 Å². The molecule has 4 heteroatoms. The van der Waals surface area contributed by atoms with Gasteiger partial charge in [0.2, 0.25) is 0 Å². The molecule has 2 rings (SSSR count). The zero-order chi connectivity index (χ0) is 11.4. The van der Waals surface area contributed by atoms with Crippen molar-refractivity contribution in [2.24, 2.45) is 0 Å². The Balaban J connectivity index is 2.14. The number of nitrogens with one attached hydrogen (secondary N) is 1. The highest BCUT2D eigenvalue weighted by Gasteiger charge is 2.16. The molecule has 1 N–H and O–H groups in total. The summed E-state index contributed by atoms with van der Waals surface area (Å²) in [5.74, 6) is 0. The van der Waals surface area contributed by atoms with E-state index in [1.165, 1.54) is 5.56 Å². The van der Waals surface area contributed by atoms with Crippen LogP contribution in [-0.4, -0.2) is 6.54 Å². The van der Waals surface area contributed by atoms with E-state index in [9.17, 15) is 0 Å². The van der Waals surface area contributed by atoms with Crippen LogP contribution in [0.3, 0.4) is 0 Å². The average Bonchev–Trinajstić information content (AvgIpc) is 2.88. The normalized spacial score (nSPS) is 12.9. The Morgan fingerprint density at radius 3 is 2.94 bits per heavy atom. The summed E-state index contributed by atoms with van der Waals surface area (Å²) in [7, 11) is 0. The van der Waals surface area contributed by atoms with Crippen molar-refractivity contribution < 1.29 is 4.42 Å². The van der Waals surface area contributed by atoms with Crippen LogP contribution in [0.4, 0.5) is 0 Å². The number of furan rings is 1. The van der Waals surface area contributed by atoms with Crippen LogP contribution in [-0.2, 0) is 6.42 Å². The molecule has 86 valence electrons. The summed E-state index contributed by atoms with van der Waals surface area (Å²) in [4.78, 5) is 0. The molecule has 16 heavy (non-hydrogen) atoms. The van der Waals surface area contributed by atoms with Crippen molar-refractivity contribution in [3.8, 4) is 0 Å². The van der Waals surface area contributed by atoms with Gasteiger partial charge in [-0.1, -0.05) is 6.92 Å². The van der Waals surface area contributed by atoms with Crippen molar-refractivity contribution >= 4 is 22.9 Å². The summed E-state index contributed by atoms with van der Waals surface area (Å²) in [5, 5.41) is 8.17. The summed E-state index contributed by atoms with van der Waals surface area (Å²) in [6, 6.07) is 4.30. The second-order valence-electron chi connectivity index (χ2n) is 3.60. The molecular weight excluding hydrogens is 242 g/mol. The molecule has 0 aromatic carbocycles. The first-order valence-corrected chi connectivity index (χ1v) is 6.60. The zero-order valence-corrected chi connectivity index (χ0v) is 10.6. The molecule has 0 aliphatic heterocycles. The van der Waals surface area contributed by atoms with Gasteiger partial charge in [0.1, 0.15) is 0 Å². The lowest BCUT2D eigenvalue weighted by molar-refractivity contribution is 0.526. The van der Waals surface area contributed by atoms with E-state index in [1.807, 2.05) is 6.07 Å². The van der Waals surface area contributed by atoms with E-state index in [0.717, 1.165) is 18.5 Å². The molecule has 0 spiro atoms. The maximum Gasteiger partial charge on any atom is 0.197 e. The van der Waals surface area contributed by atoms with Crippen LogP contribution in [0.25, 0.3) is 0 Å². The lowest BCUT2D eigenvalue weighted by Gasteiger charge is -2.16. The fourth-order valence-corrected chi connectivity index (χ4v) is 2.66. The summed E-state index contributed by atoms with van der Waals surface area (Å²) < 4.78 is 5.14. The van der Waals surface area contributed by atoms with Crippen LogP contribution in [0.15, 0.2) is 33.6 Å². The number of hydrogen-bond donors (Lipinski definition) is 1. The second kappa shape index (κ2) is 5.53. The molecule has 1 unspecified atom stereocenters. The van der Waals surface area contributed by atoms with Gasteiger partial charge in [-0.15, -0.1) is 0 Å². The predicted molar refractivity (Wildman–Crippen MR) is 68.2 cm³/mol. The minimum absolute atomic E-state index is 0.228. The van der Waals surface area contributed by atoms with Crippen LogP contribution < -0.4 is 5.32 Å². The Kier molecular flexibility index (Phi) is 4.04. The van der Waals surface area contributed by atoms with E-state index in [4.69, 9.17) is 16.0 Å². The summed E-state index contributed by atoms with van der Waals surface area (Å²) in [6.45, 7) is 3.00. The van der Waals surface area contributed by atoms with Crippen molar-refractivity contribution in [3.05, 3.63) is 45.5 Å². The number of thiophene rings is 1. The standard InChI is InChI=1S/C12H14ClNOS/c1-2-14-11(7-9-4-6-16-8-9)10-3-5-15-12(10)13/h3-6,8,11,14H,2,7H2,1H3. The fraction of sp³-hybridized carbons (Fsp3) is 0.333. The summed E-state index contributed by atoms with van der Waals surface area (Å²) >= 11 is 7.72. The predicted octanol–water partition coefficient (Wildman–Crippen LogP) is 3.89. The highest BCUT2D eigenvalue weighted by Crippen LogP contribution is 2.27.